The lowest BCUT2D eigenvalue weighted by Gasteiger charge is -2.29. The molecule has 0 atom stereocenters. The van der Waals surface area contributed by atoms with Crippen LogP contribution in [0.25, 0.3) is 27.6 Å². The van der Waals surface area contributed by atoms with E-state index in [1.807, 2.05) is 0 Å². The van der Waals surface area contributed by atoms with Gasteiger partial charge in [-0.1, -0.05) is 12.5 Å². The van der Waals surface area contributed by atoms with E-state index in [1.54, 1.807) is 32.9 Å². The first-order valence-corrected chi connectivity index (χ1v) is 13.3. The molecule has 0 spiro atoms. The van der Waals surface area contributed by atoms with Crippen molar-refractivity contribution in [2.75, 3.05) is 13.2 Å². The highest BCUT2D eigenvalue weighted by Crippen LogP contribution is 2.39. The Bertz CT molecular complexity index is 1800. The number of benzene rings is 2. The van der Waals surface area contributed by atoms with Crippen LogP contribution < -0.4 is 15.7 Å². The molecule has 4 aromatic rings. The van der Waals surface area contributed by atoms with E-state index in [0.29, 0.717) is 17.0 Å². The van der Waals surface area contributed by atoms with Gasteiger partial charge in [0.05, 0.1) is 29.7 Å². The van der Waals surface area contributed by atoms with Crippen molar-refractivity contribution in [1.82, 2.24) is 9.47 Å². The first-order chi connectivity index (χ1) is 19.0. The number of amides is 1. The molecule has 0 N–H and O–H groups in total. The first-order valence-electron chi connectivity index (χ1n) is 13.3. The third-order valence-corrected chi connectivity index (χ3v) is 7.42. The maximum atomic E-state index is 14.9. The highest BCUT2D eigenvalue weighted by molar-refractivity contribution is 5.92. The molecule has 0 saturated heterocycles. The van der Waals surface area contributed by atoms with E-state index < -0.39 is 34.3 Å². The fourth-order valence-electron chi connectivity index (χ4n) is 5.27. The van der Waals surface area contributed by atoms with Crippen molar-refractivity contribution in [2.45, 2.75) is 58.1 Å². The number of rotatable bonds is 2. The third kappa shape index (κ3) is 4.31. The highest BCUT2D eigenvalue weighted by Gasteiger charge is 2.30. The number of nitrogens with zero attached hydrogens (tertiary/aromatic N) is 2. The van der Waals surface area contributed by atoms with Gasteiger partial charge in [0.15, 0.2) is 11.6 Å². The number of ether oxygens (including phenoxy) is 2. The molecule has 3 heterocycles. The van der Waals surface area contributed by atoms with E-state index >= 15 is 0 Å². The van der Waals surface area contributed by atoms with Gasteiger partial charge in [0.2, 0.25) is 5.43 Å². The Morgan fingerprint density at radius 2 is 1.88 bits per heavy atom. The van der Waals surface area contributed by atoms with E-state index in [9.17, 15) is 23.2 Å². The topological polar surface area (TPSA) is 91.0 Å². The lowest BCUT2D eigenvalue weighted by molar-refractivity contribution is 0.0226. The maximum absolute atomic E-state index is 14.9. The molecule has 40 heavy (non-hydrogen) atoms. The van der Waals surface area contributed by atoms with Gasteiger partial charge in [-0.2, -0.15) is 0 Å². The zero-order valence-corrected chi connectivity index (χ0v) is 22.4. The molecular weight excluding hydrogens is 522 g/mol. The van der Waals surface area contributed by atoms with Gasteiger partial charge in [-0.15, -0.1) is 0 Å². The summed E-state index contributed by atoms with van der Waals surface area (Å²) in [6.45, 7) is 5.86. The Hall–Kier alpha value is -4.21. The fourth-order valence-corrected chi connectivity index (χ4v) is 5.27. The van der Waals surface area contributed by atoms with E-state index in [2.05, 4.69) is 0 Å². The molecule has 2 aromatic heterocycles. The maximum Gasteiger partial charge on any atom is 0.410 e. The second-order valence-electron chi connectivity index (χ2n) is 11.3. The minimum Gasteiger partial charge on any atom is -0.491 e. The molecular formula is C30H28F2N2O6. The van der Waals surface area contributed by atoms with Crippen molar-refractivity contribution >= 4 is 28.0 Å². The smallest absolute Gasteiger partial charge is 0.410 e. The molecule has 2 aromatic carbocycles. The summed E-state index contributed by atoms with van der Waals surface area (Å²) in [6.07, 6.45) is 1.91. The van der Waals surface area contributed by atoms with Crippen LogP contribution in [0.2, 0.25) is 0 Å². The van der Waals surface area contributed by atoms with E-state index in [0.717, 1.165) is 29.9 Å². The molecule has 1 aliphatic heterocycles. The number of hydrogen-bond donors (Lipinski definition) is 0. The minimum atomic E-state index is -1.17. The van der Waals surface area contributed by atoms with Crippen LogP contribution >= 0.6 is 0 Å². The van der Waals surface area contributed by atoms with Gasteiger partial charge in [0.1, 0.15) is 34.5 Å². The molecule has 1 aliphatic carbocycles. The van der Waals surface area contributed by atoms with Crippen LogP contribution in [0.5, 0.6) is 5.75 Å². The average Bonchev–Trinajstić information content (AvgIpc) is 3.07. The normalized spacial score (nSPS) is 15.9. The number of pyridine rings is 1. The average molecular weight is 551 g/mol. The van der Waals surface area contributed by atoms with Crippen molar-refractivity contribution in [1.29, 1.82) is 0 Å². The molecule has 0 bridgehead atoms. The number of carbonyl (C=O) groups is 1. The van der Waals surface area contributed by atoms with Crippen molar-refractivity contribution in [3.8, 4) is 11.4 Å². The van der Waals surface area contributed by atoms with Crippen molar-refractivity contribution in [2.24, 2.45) is 0 Å². The number of aromatic nitrogens is 1. The largest absolute Gasteiger partial charge is 0.491 e. The molecule has 10 heteroatoms. The Balaban J connectivity index is 1.58. The lowest BCUT2D eigenvalue weighted by Crippen LogP contribution is -2.37. The standard InChI is InChI=1S/C30H28F2N2O6/c1-30(2,3)40-29(37)33-12-13-38-22-11-10-17-26(35)24-23(39-27(17)18(22)15-33)14-21(16-6-4-7-16)34(28(24)36)20-9-5-8-19(31)25(20)32/h5,8-11,14,16H,4,6-7,12-13,15H2,1-3H3. The Morgan fingerprint density at radius 3 is 2.58 bits per heavy atom. The fraction of sp³-hybridized carbons (Fsp3) is 0.367. The third-order valence-electron chi connectivity index (χ3n) is 7.42. The summed E-state index contributed by atoms with van der Waals surface area (Å²) >= 11 is 0. The van der Waals surface area contributed by atoms with Crippen LogP contribution in [0, 0.1) is 11.6 Å². The van der Waals surface area contributed by atoms with Crippen molar-refractivity contribution in [3.05, 3.63) is 79.9 Å². The van der Waals surface area contributed by atoms with Crippen LogP contribution in [0.1, 0.15) is 57.2 Å². The zero-order valence-electron chi connectivity index (χ0n) is 22.4. The summed E-state index contributed by atoms with van der Waals surface area (Å²) < 4.78 is 47.9. The lowest BCUT2D eigenvalue weighted by atomic mass is 9.82. The van der Waals surface area contributed by atoms with Crippen molar-refractivity contribution < 1.29 is 27.5 Å². The van der Waals surface area contributed by atoms with Gasteiger partial charge in [0, 0.05) is 11.8 Å². The van der Waals surface area contributed by atoms with Crippen molar-refractivity contribution in [3.63, 3.8) is 0 Å². The minimum absolute atomic E-state index is 0.0407. The first kappa shape index (κ1) is 26.0. The molecule has 1 fully saturated rings. The summed E-state index contributed by atoms with van der Waals surface area (Å²) in [7, 11) is 0. The Labute approximate surface area is 227 Å². The predicted molar refractivity (Wildman–Crippen MR) is 144 cm³/mol. The highest BCUT2D eigenvalue weighted by atomic mass is 19.2. The molecule has 1 amide bonds. The second kappa shape index (κ2) is 9.46. The van der Waals surface area contributed by atoms with Gasteiger partial charge in [-0.3, -0.25) is 14.2 Å². The molecule has 2 aliphatic rings. The molecule has 8 nitrogen and oxygen atoms in total. The van der Waals surface area contributed by atoms with Gasteiger partial charge in [-0.25, -0.2) is 13.6 Å². The van der Waals surface area contributed by atoms with Crippen LogP contribution in [0.3, 0.4) is 0 Å². The number of carbonyl (C=O) groups excluding carboxylic acids is 1. The summed E-state index contributed by atoms with van der Waals surface area (Å²) in [5.74, 6) is -1.89. The quantitative estimate of drug-likeness (QED) is 0.294. The molecule has 0 radical (unpaired) electrons. The van der Waals surface area contributed by atoms with Gasteiger partial charge >= 0.3 is 6.09 Å². The van der Waals surface area contributed by atoms with Crippen LogP contribution in [0.4, 0.5) is 13.6 Å². The summed E-state index contributed by atoms with van der Waals surface area (Å²) in [4.78, 5) is 42.0. The summed E-state index contributed by atoms with van der Waals surface area (Å²) in [5.41, 5.74) is -1.18. The molecule has 6 rings (SSSR count). The van der Waals surface area contributed by atoms with E-state index in [-0.39, 0.29) is 53.2 Å². The number of halogens is 2. The second-order valence-corrected chi connectivity index (χ2v) is 11.3. The molecule has 1 saturated carbocycles. The molecule has 208 valence electrons. The summed E-state index contributed by atoms with van der Waals surface area (Å²) in [6, 6.07) is 8.31. The molecule has 0 unspecified atom stereocenters. The van der Waals surface area contributed by atoms with Gasteiger partial charge in [0.25, 0.3) is 5.56 Å². The summed E-state index contributed by atoms with van der Waals surface area (Å²) in [5, 5.41) is -0.154. The van der Waals surface area contributed by atoms with Gasteiger partial charge in [-0.05, 0) is 63.8 Å². The van der Waals surface area contributed by atoms with Gasteiger partial charge < -0.3 is 18.8 Å². The van der Waals surface area contributed by atoms with Crippen LogP contribution in [-0.2, 0) is 11.3 Å². The monoisotopic (exact) mass is 550 g/mol. The van der Waals surface area contributed by atoms with Crippen LogP contribution in [0.15, 0.2) is 50.4 Å². The Kier molecular flexibility index (Phi) is 6.16. The number of fused-ring (bicyclic) bond motifs is 4. The number of hydrogen-bond acceptors (Lipinski definition) is 6. The SMILES string of the molecule is CC(C)(C)OC(=O)N1CCOc2ccc3c(=O)c4c(=O)n(-c5cccc(F)c5F)c(C5CCC5)cc4oc3c2C1. The van der Waals surface area contributed by atoms with E-state index in [1.165, 1.54) is 23.1 Å². The van der Waals surface area contributed by atoms with Crippen LogP contribution in [-0.4, -0.2) is 34.3 Å². The Morgan fingerprint density at radius 1 is 1.10 bits per heavy atom. The van der Waals surface area contributed by atoms with E-state index in [4.69, 9.17) is 13.9 Å². The predicted octanol–water partition coefficient (Wildman–Crippen LogP) is 5.77. The zero-order chi connectivity index (χ0) is 28.3.